The Labute approximate surface area is 147 Å². The summed E-state index contributed by atoms with van der Waals surface area (Å²) in [5, 5.41) is 10.9. The lowest BCUT2D eigenvalue weighted by atomic mass is 9.85. The van der Waals surface area contributed by atoms with Gasteiger partial charge in [-0.15, -0.1) is 0 Å². The van der Waals surface area contributed by atoms with E-state index in [2.05, 4.69) is 39.0 Å². The van der Waals surface area contributed by atoms with Crippen LogP contribution in [0.1, 0.15) is 89.2 Å². The first-order chi connectivity index (χ1) is 11.7. The van der Waals surface area contributed by atoms with Crippen molar-refractivity contribution in [2.24, 2.45) is 0 Å². The average Bonchev–Trinajstić information content (AvgIpc) is 2.57. The summed E-state index contributed by atoms with van der Waals surface area (Å²) < 4.78 is 6.03. The quantitative estimate of drug-likeness (QED) is 0.412. The van der Waals surface area contributed by atoms with E-state index in [0.29, 0.717) is 18.3 Å². The van der Waals surface area contributed by atoms with Crippen LogP contribution in [0.25, 0.3) is 0 Å². The van der Waals surface area contributed by atoms with E-state index in [1.807, 2.05) is 0 Å². The van der Waals surface area contributed by atoms with Crippen molar-refractivity contribution in [3.8, 4) is 11.5 Å². The van der Waals surface area contributed by atoms with Crippen LogP contribution >= 0.6 is 0 Å². The van der Waals surface area contributed by atoms with E-state index in [1.54, 1.807) is 0 Å². The number of phenols is 1. The van der Waals surface area contributed by atoms with Crippen molar-refractivity contribution in [3.05, 3.63) is 34.9 Å². The predicted molar refractivity (Wildman–Crippen MR) is 102 cm³/mol. The highest BCUT2D eigenvalue weighted by Crippen LogP contribution is 2.42. The maximum atomic E-state index is 10.9. The molecule has 1 aliphatic rings. The number of aromatic hydroxyl groups is 1. The van der Waals surface area contributed by atoms with E-state index in [1.165, 1.54) is 31.3 Å². The molecule has 2 rings (SSSR count). The number of hydrogen-bond acceptors (Lipinski definition) is 2. The first-order valence-electron chi connectivity index (χ1n) is 9.82. The third-order valence-corrected chi connectivity index (χ3v) is 5.01. The summed E-state index contributed by atoms with van der Waals surface area (Å²) in [6, 6.07) is 4.31. The van der Waals surface area contributed by atoms with Crippen LogP contribution < -0.4 is 4.74 Å². The summed E-state index contributed by atoms with van der Waals surface area (Å²) >= 11 is 0. The van der Waals surface area contributed by atoms with Gasteiger partial charge < -0.3 is 9.84 Å². The van der Waals surface area contributed by atoms with Crippen LogP contribution in [0, 0.1) is 0 Å². The Bertz CT molecular complexity index is 545. The Hall–Kier alpha value is -1.44. The van der Waals surface area contributed by atoms with Crippen molar-refractivity contribution in [3.63, 3.8) is 0 Å². The lowest BCUT2D eigenvalue weighted by Crippen LogP contribution is -2.06. The fourth-order valence-electron chi connectivity index (χ4n) is 3.53. The number of ether oxygens (including phenoxy) is 1. The number of unbranched alkanes of at least 4 members (excludes halogenated alkanes) is 3. The van der Waals surface area contributed by atoms with Gasteiger partial charge in [0.2, 0.25) is 0 Å². The fraction of sp³-hybridized carbons (Fsp3) is 0.636. The SMILES string of the molecule is CCCCCc1ccc([C@@H]2C=C(C)CCC2)c(O)c1OCCCC. The zero-order chi connectivity index (χ0) is 17.4. The van der Waals surface area contributed by atoms with Crippen LogP contribution in [0.5, 0.6) is 11.5 Å². The molecule has 1 N–H and O–H groups in total. The molecule has 1 aliphatic carbocycles. The number of rotatable bonds is 9. The van der Waals surface area contributed by atoms with Crippen molar-refractivity contribution in [2.75, 3.05) is 6.61 Å². The van der Waals surface area contributed by atoms with Crippen molar-refractivity contribution in [1.29, 1.82) is 0 Å². The summed E-state index contributed by atoms with van der Waals surface area (Å²) in [6.45, 7) is 7.27. The van der Waals surface area contributed by atoms with Gasteiger partial charge in [0.25, 0.3) is 0 Å². The van der Waals surface area contributed by atoms with Crippen LogP contribution in [-0.2, 0) is 6.42 Å². The first-order valence-corrected chi connectivity index (χ1v) is 9.82. The molecule has 0 spiro atoms. The minimum atomic E-state index is 0.331. The average molecular weight is 331 g/mol. The third kappa shape index (κ3) is 5.03. The van der Waals surface area contributed by atoms with Crippen molar-refractivity contribution < 1.29 is 9.84 Å². The second-order valence-corrected chi connectivity index (χ2v) is 7.16. The number of phenolic OH excluding ortho intramolecular Hbond substituents is 1. The van der Waals surface area contributed by atoms with Crippen LogP contribution in [-0.4, -0.2) is 11.7 Å². The van der Waals surface area contributed by atoms with Crippen LogP contribution in [0.15, 0.2) is 23.8 Å². The molecule has 0 fully saturated rings. The van der Waals surface area contributed by atoms with Gasteiger partial charge in [-0.05, 0) is 51.0 Å². The summed E-state index contributed by atoms with van der Waals surface area (Å²) in [5.74, 6) is 1.46. The van der Waals surface area contributed by atoms with Gasteiger partial charge in [0.05, 0.1) is 6.61 Å². The maximum absolute atomic E-state index is 10.9. The Balaban J connectivity index is 2.26. The smallest absolute Gasteiger partial charge is 0.164 e. The lowest BCUT2D eigenvalue weighted by molar-refractivity contribution is 0.288. The highest BCUT2D eigenvalue weighted by atomic mass is 16.5. The second kappa shape index (κ2) is 9.76. The van der Waals surface area contributed by atoms with Gasteiger partial charge in [0, 0.05) is 11.5 Å². The molecule has 0 bridgehead atoms. The molecule has 0 heterocycles. The highest BCUT2D eigenvalue weighted by Gasteiger charge is 2.21. The summed E-state index contributed by atoms with van der Waals surface area (Å²) in [4.78, 5) is 0. The van der Waals surface area contributed by atoms with Crippen molar-refractivity contribution in [2.45, 2.75) is 84.5 Å². The molecular formula is C22H34O2. The number of benzene rings is 1. The highest BCUT2D eigenvalue weighted by molar-refractivity contribution is 5.53. The van der Waals surface area contributed by atoms with Gasteiger partial charge in [-0.25, -0.2) is 0 Å². The minimum Gasteiger partial charge on any atom is -0.504 e. The van der Waals surface area contributed by atoms with E-state index in [0.717, 1.165) is 49.0 Å². The largest absolute Gasteiger partial charge is 0.504 e. The second-order valence-electron chi connectivity index (χ2n) is 7.16. The van der Waals surface area contributed by atoms with Crippen LogP contribution in [0.2, 0.25) is 0 Å². The predicted octanol–water partition coefficient (Wildman–Crippen LogP) is 6.52. The molecule has 1 aromatic rings. The fourth-order valence-corrected chi connectivity index (χ4v) is 3.53. The number of hydrogen-bond donors (Lipinski definition) is 1. The topological polar surface area (TPSA) is 29.5 Å². The van der Waals surface area contributed by atoms with Gasteiger partial charge in [-0.2, -0.15) is 0 Å². The van der Waals surface area contributed by atoms with E-state index >= 15 is 0 Å². The Morgan fingerprint density at radius 3 is 2.62 bits per heavy atom. The minimum absolute atomic E-state index is 0.331. The van der Waals surface area contributed by atoms with Crippen molar-refractivity contribution in [1.82, 2.24) is 0 Å². The first kappa shape index (κ1) is 18.9. The molecule has 0 aromatic heterocycles. The molecule has 0 unspecified atom stereocenters. The molecule has 134 valence electrons. The lowest BCUT2D eigenvalue weighted by Gasteiger charge is -2.23. The normalized spacial score (nSPS) is 17.6. The van der Waals surface area contributed by atoms with Crippen LogP contribution in [0.4, 0.5) is 0 Å². The molecule has 0 radical (unpaired) electrons. The number of aryl methyl sites for hydroxylation is 1. The molecule has 0 amide bonds. The monoisotopic (exact) mass is 330 g/mol. The third-order valence-electron chi connectivity index (χ3n) is 5.01. The zero-order valence-corrected chi connectivity index (χ0v) is 15.7. The maximum Gasteiger partial charge on any atom is 0.164 e. The summed E-state index contributed by atoms with van der Waals surface area (Å²) in [5.41, 5.74) is 3.64. The zero-order valence-electron chi connectivity index (χ0n) is 15.7. The molecule has 0 saturated heterocycles. The van der Waals surface area contributed by atoms with Crippen LogP contribution in [0.3, 0.4) is 0 Å². The standard InChI is InChI=1S/C22H34O2/c1-4-6-8-11-18-13-14-20(19-12-9-10-17(3)16-19)21(23)22(18)24-15-7-5-2/h13-14,16,19,23H,4-12,15H2,1-3H3/t19-/m0/s1. The van der Waals surface area contributed by atoms with E-state index in [-0.39, 0.29) is 0 Å². The van der Waals surface area contributed by atoms with E-state index in [4.69, 9.17) is 4.74 Å². The van der Waals surface area contributed by atoms with E-state index in [9.17, 15) is 5.11 Å². The molecular weight excluding hydrogens is 296 g/mol. The van der Waals surface area contributed by atoms with Crippen molar-refractivity contribution >= 4 is 0 Å². The number of allylic oxidation sites excluding steroid dienone is 2. The van der Waals surface area contributed by atoms with Gasteiger partial charge in [-0.3, -0.25) is 0 Å². The molecule has 2 nitrogen and oxygen atoms in total. The Morgan fingerprint density at radius 2 is 1.92 bits per heavy atom. The molecule has 0 aliphatic heterocycles. The Kier molecular flexibility index (Phi) is 7.68. The van der Waals surface area contributed by atoms with Gasteiger partial charge >= 0.3 is 0 Å². The molecule has 24 heavy (non-hydrogen) atoms. The van der Waals surface area contributed by atoms with E-state index < -0.39 is 0 Å². The van der Waals surface area contributed by atoms with Gasteiger partial charge in [0.15, 0.2) is 11.5 Å². The van der Waals surface area contributed by atoms with Gasteiger partial charge in [-0.1, -0.05) is 56.9 Å². The summed E-state index contributed by atoms with van der Waals surface area (Å²) in [6.07, 6.45) is 12.5. The van der Waals surface area contributed by atoms with Gasteiger partial charge in [0.1, 0.15) is 0 Å². The Morgan fingerprint density at radius 1 is 1.12 bits per heavy atom. The molecule has 0 saturated carbocycles. The molecule has 2 heteroatoms. The molecule has 1 atom stereocenters. The summed E-state index contributed by atoms with van der Waals surface area (Å²) in [7, 11) is 0. The molecule has 1 aromatic carbocycles.